The summed E-state index contributed by atoms with van der Waals surface area (Å²) < 4.78 is 14.0. The van der Waals surface area contributed by atoms with Crippen molar-refractivity contribution in [2.75, 3.05) is 12.3 Å². The van der Waals surface area contributed by atoms with Gasteiger partial charge in [-0.1, -0.05) is 48.3 Å². The van der Waals surface area contributed by atoms with Crippen LogP contribution >= 0.6 is 35.0 Å². The molecule has 0 aromatic heterocycles. The van der Waals surface area contributed by atoms with Crippen molar-refractivity contribution in [2.24, 2.45) is 0 Å². The predicted molar refractivity (Wildman–Crippen MR) is 122 cm³/mol. The molecular weight excluding hydrogens is 446 g/mol. The SMILES string of the molecule is CCCNC(=O)[C@H](C)N(Cc1cccc(Cl)c1)C(=O)CSCc1c(F)cccc1Cl. The van der Waals surface area contributed by atoms with Crippen LogP contribution in [-0.4, -0.2) is 35.1 Å². The summed E-state index contributed by atoms with van der Waals surface area (Å²) in [6.07, 6.45) is 0.806. The Hall–Kier alpha value is -1.76. The third-order valence-corrected chi connectivity index (χ3v) is 6.03. The molecular formula is C22H25Cl2FN2O2S. The normalized spacial score (nSPS) is 11.8. The Morgan fingerprint density at radius 1 is 1.20 bits per heavy atom. The molecule has 1 atom stereocenters. The second-order valence-electron chi connectivity index (χ2n) is 6.81. The minimum atomic E-state index is -0.652. The van der Waals surface area contributed by atoms with Gasteiger partial charge in [-0.25, -0.2) is 4.39 Å². The van der Waals surface area contributed by atoms with Crippen LogP contribution in [0.25, 0.3) is 0 Å². The van der Waals surface area contributed by atoms with E-state index in [1.54, 1.807) is 37.3 Å². The highest BCUT2D eigenvalue weighted by atomic mass is 35.5. The molecule has 0 aliphatic carbocycles. The Morgan fingerprint density at radius 2 is 1.93 bits per heavy atom. The first-order valence-corrected chi connectivity index (χ1v) is 11.6. The van der Waals surface area contributed by atoms with E-state index in [1.165, 1.54) is 22.7 Å². The molecule has 0 bridgehead atoms. The number of carbonyl (C=O) groups is 2. The van der Waals surface area contributed by atoms with Crippen LogP contribution in [0.5, 0.6) is 0 Å². The van der Waals surface area contributed by atoms with Crippen molar-refractivity contribution in [2.45, 2.75) is 38.6 Å². The third-order valence-electron chi connectivity index (χ3n) is 4.49. The van der Waals surface area contributed by atoms with Crippen LogP contribution in [0.2, 0.25) is 10.0 Å². The van der Waals surface area contributed by atoms with Crippen LogP contribution in [0.4, 0.5) is 4.39 Å². The van der Waals surface area contributed by atoms with Crippen molar-refractivity contribution in [1.82, 2.24) is 10.2 Å². The van der Waals surface area contributed by atoms with Crippen LogP contribution in [0.15, 0.2) is 42.5 Å². The fourth-order valence-electron chi connectivity index (χ4n) is 2.80. The van der Waals surface area contributed by atoms with Gasteiger partial charge >= 0.3 is 0 Å². The third kappa shape index (κ3) is 7.18. The summed E-state index contributed by atoms with van der Waals surface area (Å²) >= 11 is 13.4. The molecule has 8 heteroatoms. The highest BCUT2D eigenvalue weighted by Crippen LogP contribution is 2.24. The van der Waals surface area contributed by atoms with Crippen molar-refractivity contribution < 1.29 is 14.0 Å². The van der Waals surface area contributed by atoms with E-state index in [9.17, 15) is 14.0 Å². The van der Waals surface area contributed by atoms with Crippen molar-refractivity contribution in [1.29, 1.82) is 0 Å². The maximum atomic E-state index is 14.0. The molecule has 30 heavy (non-hydrogen) atoms. The molecule has 0 saturated carbocycles. The molecule has 2 rings (SSSR count). The van der Waals surface area contributed by atoms with Crippen LogP contribution in [-0.2, 0) is 21.9 Å². The van der Waals surface area contributed by atoms with Gasteiger partial charge in [0.2, 0.25) is 11.8 Å². The first kappa shape index (κ1) is 24.5. The Bertz CT molecular complexity index is 862. The number of halogens is 3. The van der Waals surface area contributed by atoms with E-state index in [0.29, 0.717) is 22.2 Å². The van der Waals surface area contributed by atoms with E-state index in [1.807, 2.05) is 13.0 Å². The summed E-state index contributed by atoms with van der Waals surface area (Å²) in [5, 5.41) is 3.72. The van der Waals surface area contributed by atoms with Gasteiger partial charge in [0.05, 0.1) is 5.75 Å². The van der Waals surface area contributed by atoms with Crippen molar-refractivity contribution >= 4 is 46.8 Å². The number of benzene rings is 2. The maximum absolute atomic E-state index is 14.0. The van der Waals surface area contributed by atoms with E-state index < -0.39 is 11.9 Å². The average molecular weight is 471 g/mol. The number of nitrogens with one attached hydrogen (secondary N) is 1. The minimum Gasteiger partial charge on any atom is -0.354 e. The van der Waals surface area contributed by atoms with Crippen LogP contribution < -0.4 is 5.32 Å². The Balaban J connectivity index is 2.09. The quantitative estimate of drug-likeness (QED) is 0.511. The molecule has 0 radical (unpaired) electrons. The monoisotopic (exact) mass is 470 g/mol. The van der Waals surface area contributed by atoms with Crippen molar-refractivity contribution in [3.8, 4) is 0 Å². The van der Waals surface area contributed by atoms with Crippen LogP contribution in [0.1, 0.15) is 31.4 Å². The van der Waals surface area contributed by atoms with Crippen LogP contribution in [0.3, 0.4) is 0 Å². The van der Waals surface area contributed by atoms with Gasteiger partial charge < -0.3 is 10.2 Å². The Kier molecular flexibility index (Phi) is 9.95. The number of carbonyl (C=O) groups excluding carboxylic acids is 2. The predicted octanol–water partition coefficient (Wildman–Crippen LogP) is 5.31. The molecule has 0 saturated heterocycles. The van der Waals surface area contributed by atoms with E-state index >= 15 is 0 Å². The van der Waals surface area contributed by atoms with Gasteiger partial charge in [0.25, 0.3) is 0 Å². The van der Waals surface area contributed by atoms with Crippen molar-refractivity contribution in [3.05, 3.63) is 69.5 Å². The summed E-state index contributed by atoms with van der Waals surface area (Å²) in [7, 11) is 0. The highest BCUT2D eigenvalue weighted by molar-refractivity contribution is 7.99. The lowest BCUT2D eigenvalue weighted by Crippen LogP contribution is -2.48. The molecule has 2 aromatic carbocycles. The zero-order valence-electron chi connectivity index (χ0n) is 17.0. The molecule has 2 aromatic rings. The molecule has 1 N–H and O–H groups in total. The topological polar surface area (TPSA) is 49.4 Å². The lowest BCUT2D eigenvalue weighted by atomic mass is 10.1. The Labute approximate surface area is 191 Å². The molecule has 0 fully saturated rings. The summed E-state index contributed by atoms with van der Waals surface area (Å²) in [5.74, 6) is -0.471. The maximum Gasteiger partial charge on any atom is 0.242 e. The summed E-state index contributed by atoms with van der Waals surface area (Å²) in [6.45, 7) is 4.46. The van der Waals surface area contributed by atoms with E-state index in [2.05, 4.69) is 5.32 Å². The summed E-state index contributed by atoms with van der Waals surface area (Å²) in [5.41, 5.74) is 1.19. The number of hydrogen-bond acceptors (Lipinski definition) is 3. The molecule has 162 valence electrons. The first-order chi connectivity index (χ1) is 14.3. The van der Waals surface area contributed by atoms with Crippen molar-refractivity contribution in [3.63, 3.8) is 0 Å². The number of nitrogens with zero attached hydrogens (tertiary/aromatic N) is 1. The fraction of sp³-hybridized carbons (Fsp3) is 0.364. The van der Waals surface area contributed by atoms with E-state index in [4.69, 9.17) is 23.2 Å². The zero-order valence-corrected chi connectivity index (χ0v) is 19.3. The van der Waals surface area contributed by atoms with Crippen LogP contribution in [0, 0.1) is 5.82 Å². The van der Waals surface area contributed by atoms with Gasteiger partial charge in [0.1, 0.15) is 11.9 Å². The smallest absolute Gasteiger partial charge is 0.242 e. The van der Waals surface area contributed by atoms with Gasteiger partial charge in [-0.05, 0) is 43.2 Å². The highest BCUT2D eigenvalue weighted by Gasteiger charge is 2.26. The van der Waals surface area contributed by atoms with Gasteiger partial charge in [-0.3, -0.25) is 9.59 Å². The molecule has 0 unspecified atom stereocenters. The standard InChI is InChI=1S/C22H25Cl2FN2O2S/c1-3-10-26-22(29)15(2)27(12-16-6-4-7-17(23)11-16)21(28)14-30-13-18-19(24)8-5-9-20(18)25/h4-9,11,15H,3,10,12-14H2,1-2H3,(H,26,29)/t15-/m0/s1. The van der Waals surface area contributed by atoms with Gasteiger partial charge in [0.15, 0.2) is 0 Å². The molecule has 0 heterocycles. The molecule has 0 aliphatic heterocycles. The molecule has 2 amide bonds. The number of hydrogen-bond donors (Lipinski definition) is 1. The lowest BCUT2D eigenvalue weighted by Gasteiger charge is -2.29. The summed E-state index contributed by atoms with van der Waals surface area (Å²) in [4.78, 5) is 27.0. The lowest BCUT2D eigenvalue weighted by molar-refractivity contribution is -0.138. The van der Waals surface area contributed by atoms with Gasteiger partial charge in [-0.2, -0.15) is 0 Å². The fourth-order valence-corrected chi connectivity index (χ4v) is 4.27. The zero-order chi connectivity index (χ0) is 22.1. The number of amides is 2. The minimum absolute atomic E-state index is 0.0939. The number of thioether (sulfide) groups is 1. The second-order valence-corrected chi connectivity index (χ2v) is 8.64. The largest absolute Gasteiger partial charge is 0.354 e. The van der Waals surface area contributed by atoms with E-state index in [-0.39, 0.29) is 29.9 Å². The van der Waals surface area contributed by atoms with E-state index in [0.717, 1.165) is 12.0 Å². The molecule has 4 nitrogen and oxygen atoms in total. The average Bonchev–Trinajstić information content (AvgIpc) is 2.71. The number of rotatable bonds is 10. The molecule has 0 aliphatic rings. The first-order valence-electron chi connectivity index (χ1n) is 9.65. The Morgan fingerprint density at radius 3 is 2.60 bits per heavy atom. The van der Waals surface area contributed by atoms with Gasteiger partial charge in [-0.15, -0.1) is 11.8 Å². The summed E-state index contributed by atoms with van der Waals surface area (Å²) in [6, 6.07) is 11.0. The van der Waals surface area contributed by atoms with Gasteiger partial charge in [0, 0.05) is 34.5 Å². The molecule has 0 spiro atoms. The second kappa shape index (κ2) is 12.2.